The van der Waals surface area contributed by atoms with E-state index in [2.05, 4.69) is 59.9 Å². The van der Waals surface area contributed by atoms with E-state index >= 15 is 0 Å². The summed E-state index contributed by atoms with van der Waals surface area (Å²) in [5.41, 5.74) is 29.1. The molecular formula is C86H92ClF6N15O12. The minimum atomic E-state index is -1.33. The number of hydrogen-bond acceptors (Lipinski definition) is 23. The molecule has 120 heavy (non-hydrogen) atoms. The summed E-state index contributed by atoms with van der Waals surface area (Å²) in [5.74, 6) is -1.74. The van der Waals surface area contributed by atoms with Crippen LogP contribution < -0.4 is 52.1 Å². The second-order valence-corrected chi connectivity index (χ2v) is 32.5. The Morgan fingerprint density at radius 3 is 1.35 bits per heavy atom. The Kier molecular flexibility index (Phi) is 22.9. The highest BCUT2D eigenvalue weighted by Gasteiger charge is 2.50. The number of nitrogens with one attached hydrogen (secondary N) is 3. The number of benzene rings is 4. The van der Waals surface area contributed by atoms with Gasteiger partial charge < -0.3 is 111 Å². The lowest BCUT2D eigenvalue weighted by Gasteiger charge is -2.25. The summed E-state index contributed by atoms with van der Waals surface area (Å²) in [4.78, 5) is 20.9. The van der Waals surface area contributed by atoms with E-state index in [1.165, 1.54) is 106 Å². The van der Waals surface area contributed by atoms with Gasteiger partial charge in [0.15, 0.2) is 34.9 Å². The van der Waals surface area contributed by atoms with E-state index in [-0.39, 0.29) is 63.0 Å². The minimum Gasteiger partial charge on any atom is -0.487 e. The number of anilines is 3. The lowest BCUT2D eigenvalue weighted by molar-refractivity contribution is -0.0167. The highest BCUT2D eigenvalue weighted by atomic mass is 35.5. The van der Waals surface area contributed by atoms with Crippen molar-refractivity contribution in [3.05, 3.63) is 212 Å². The van der Waals surface area contributed by atoms with E-state index in [9.17, 15) is 67.2 Å². The molecule has 4 fully saturated rings. The van der Waals surface area contributed by atoms with Gasteiger partial charge in [0.1, 0.15) is 125 Å². The fourth-order valence-corrected chi connectivity index (χ4v) is 18.9. The molecule has 12 aromatic rings. The van der Waals surface area contributed by atoms with Crippen LogP contribution in [0.4, 0.5) is 43.4 Å². The molecule has 0 spiro atoms. The van der Waals surface area contributed by atoms with Crippen LogP contribution in [-0.4, -0.2) is 170 Å². The first-order valence-electron chi connectivity index (χ1n) is 40.3. The van der Waals surface area contributed by atoms with Crippen molar-refractivity contribution in [2.24, 2.45) is 0 Å². The molecule has 8 aliphatic rings. The molecule has 16 atom stereocenters. The Hall–Kier alpha value is -10.4. The number of nitrogen functional groups attached to an aromatic ring is 3. The van der Waals surface area contributed by atoms with Gasteiger partial charge in [-0.3, -0.25) is 0 Å². The third-order valence-corrected chi connectivity index (χ3v) is 25.1. The summed E-state index contributed by atoms with van der Waals surface area (Å²) in [5, 5.41) is 96.7. The first-order chi connectivity index (χ1) is 57.8. The van der Waals surface area contributed by atoms with Crippen molar-refractivity contribution in [3.63, 3.8) is 0 Å². The van der Waals surface area contributed by atoms with Crippen molar-refractivity contribution >= 4 is 72.8 Å². The normalized spacial score (nSPS) is 26.0. The molecule has 34 heteroatoms. The van der Waals surface area contributed by atoms with Crippen molar-refractivity contribution in [2.75, 3.05) is 30.3 Å². The van der Waals surface area contributed by atoms with Gasteiger partial charge in [0.05, 0.1) is 51.4 Å². The number of aliphatic hydroxyl groups is 8. The minimum absolute atomic E-state index is 0.100. The van der Waals surface area contributed by atoms with Crippen LogP contribution in [0.25, 0.3) is 44.1 Å². The number of nitrogens with zero attached hydrogens (tertiary/aromatic N) is 9. The average Bonchev–Trinajstić information content (AvgIpc) is 1.60. The molecule has 8 aromatic heterocycles. The summed E-state index contributed by atoms with van der Waals surface area (Å²) in [7, 11) is 0. The zero-order chi connectivity index (χ0) is 84.0. The second kappa shape index (κ2) is 33.5. The summed E-state index contributed by atoms with van der Waals surface area (Å²) in [6.45, 7) is 7.66. The Morgan fingerprint density at radius 2 is 0.842 bits per heavy atom. The van der Waals surface area contributed by atoms with Gasteiger partial charge in [-0.15, -0.1) is 0 Å². The third-order valence-electron chi connectivity index (χ3n) is 24.9. The number of rotatable bonds is 13. The summed E-state index contributed by atoms with van der Waals surface area (Å²) < 4.78 is 117. The number of pyridine rings is 3. The smallest absolute Gasteiger partial charge is 0.162 e. The van der Waals surface area contributed by atoms with E-state index in [4.69, 9.17) is 47.7 Å². The SMILES string of the molecule is CCc1cc2c(c(OC3CC(n4cc(F)c5c(C)ncnc54)[C@H](O)[C@@H]3O)c1)CCCC2.Nc1ccnc2c1c(F)cn2C1CC(Oc2cc(Cl)cc3c2CNCC3)[C@@H](O)[C@H]1O.Nc1ccnc2c1c(F)cn2C1C[C@@H](Oc2cc(F)c(F)c3c2CNCC3)[C@@H](O)[C@H]1O.Nc1ccnc2c1c(F)cn2[C@H]1C[C@@H](Oc2cccc3c2CNC3)[C@@H](O)[C@H]1O. The topological polar surface area (TPSA) is 397 Å². The zero-order valence-corrected chi connectivity index (χ0v) is 66.1. The van der Waals surface area contributed by atoms with E-state index in [1.54, 1.807) is 22.1 Å². The van der Waals surface area contributed by atoms with Crippen LogP contribution in [0.1, 0.15) is 125 Å². The molecular weight excluding hydrogens is 1580 g/mol. The molecule has 4 aromatic carbocycles. The molecule has 17 N–H and O–H groups in total. The third kappa shape index (κ3) is 15.1. The monoisotopic (exact) mass is 1680 g/mol. The number of halogens is 7. The molecule has 11 heterocycles. The first-order valence-corrected chi connectivity index (χ1v) is 40.7. The summed E-state index contributed by atoms with van der Waals surface area (Å²) >= 11 is 6.26. The largest absolute Gasteiger partial charge is 0.487 e. The number of aromatic nitrogens is 9. The van der Waals surface area contributed by atoms with E-state index in [0.717, 1.165) is 73.7 Å². The Bertz CT molecular complexity index is 5880. The van der Waals surface area contributed by atoms with Crippen LogP contribution in [0.15, 0.2) is 116 Å². The van der Waals surface area contributed by atoms with Gasteiger partial charge in [-0.2, -0.15) is 0 Å². The maximum atomic E-state index is 14.6. The summed E-state index contributed by atoms with van der Waals surface area (Å²) in [6.07, 6.45) is 6.23. The predicted molar refractivity (Wildman–Crippen MR) is 433 cm³/mol. The zero-order valence-electron chi connectivity index (χ0n) is 65.3. The number of hydrogen-bond donors (Lipinski definition) is 14. The number of aryl methyl sites for hydroxylation is 3. The number of fused-ring (bicyclic) bond motifs is 8. The van der Waals surface area contributed by atoms with E-state index in [0.29, 0.717) is 95.5 Å². The molecule has 4 saturated carbocycles. The maximum absolute atomic E-state index is 14.6. The molecule has 0 radical (unpaired) electrons. The molecule has 0 amide bonds. The number of aliphatic hydroxyl groups excluding tert-OH is 8. The van der Waals surface area contributed by atoms with Crippen molar-refractivity contribution < 1.29 is 86.1 Å². The lowest BCUT2D eigenvalue weighted by atomic mass is 9.89. The molecule has 20 rings (SSSR count). The van der Waals surface area contributed by atoms with Gasteiger partial charge >= 0.3 is 0 Å². The van der Waals surface area contributed by atoms with Gasteiger partial charge in [-0.05, 0) is 135 Å². The van der Waals surface area contributed by atoms with Crippen LogP contribution in [0, 0.1) is 41.8 Å². The average molecular weight is 1680 g/mol. The van der Waals surface area contributed by atoms with Crippen LogP contribution in [0.3, 0.4) is 0 Å². The van der Waals surface area contributed by atoms with Crippen molar-refractivity contribution in [3.8, 4) is 23.0 Å². The highest BCUT2D eigenvalue weighted by molar-refractivity contribution is 6.30. The molecule has 5 unspecified atom stereocenters. The van der Waals surface area contributed by atoms with Crippen LogP contribution in [0.5, 0.6) is 23.0 Å². The van der Waals surface area contributed by atoms with Gasteiger partial charge in [0.2, 0.25) is 0 Å². The van der Waals surface area contributed by atoms with Crippen molar-refractivity contribution in [1.29, 1.82) is 0 Å². The fourth-order valence-electron chi connectivity index (χ4n) is 18.7. The van der Waals surface area contributed by atoms with Crippen molar-refractivity contribution in [2.45, 2.75) is 208 Å². The molecule has 3 aliphatic heterocycles. The number of nitrogens with two attached hydrogens (primary N) is 3. The van der Waals surface area contributed by atoms with Gasteiger partial charge in [-0.1, -0.05) is 36.7 Å². The van der Waals surface area contributed by atoms with E-state index < -0.39 is 132 Å². The highest BCUT2D eigenvalue weighted by Crippen LogP contribution is 2.46. The van der Waals surface area contributed by atoms with Crippen LogP contribution >= 0.6 is 11.6 Å². The molecule has 0 bridgehead atoms. The number of ether oxygens (including phenoxy) is 4. The molecule has 27 nitrogen and oxygen atoms in total. The maximum Gasteiger partial charge on any atom is 0.162 e. The summed E-state index contributed by atoms with van der Waals surface area (Å²) in [6, 6.07) is 16.8. The van der Waals surface area contributed by atoms with Crippen LogP contribution in [-0.2, 0) is 58.3 Å². The Labute approximate surface area is 688 Å². The van der Waals surface area contributed by atoms with Gasteiger partial charge in [0, 0.05) is 146 Å². The molecule has 5 aliphatic carbocycles. The lowest BCUT2D eigenvalue weighted by Crippen LogP contribution is -2.35. The van der Waals surface area contributed by atoms with Gasteiger partial charge in [0.25, 0.3) is 0 Å². The first kappa shape index (κ1) is 81.9. The standard InChI is InChI=1S/C24H28FN3O3.C21H22ClFN4O3.C21H21F3N4O3.C20H21FN4O3/c1-3-14-8-15-6-4-5-7-16(15)19(9-14)31-20-10-18(22(29)23(20)30)28-11-17(25)21-13(2)26-12-27-24(21)28;22-11-5-10-1-3-25-8-12(10)16(6-11)30-17-7-15(19(28)20(17)29)27-9-13(23)18-14(24)2-4-26-21(18)27;22-11-5-15(10-7-26-3-1-9(10)18(11)24)31-16-6-14(19(29)20(16)30)28-8-12(23)17-13(25)2-4-27-21(17)28;21-12-9-25(20-17(12)13(22)4-5-24-20)14-6-16(19(27)18(14)26)28-15-3-1-2-10-7-23-8-11(10)15/h8-9,11-12,18,20,22-23,29-30H,3-7,10H2,1-2H3;2,4-6,9,15,17,19-20,25,28-29H,1,3,7-8H2,(H2,24,26);2,4-5,8,14,16,19-20,26,29-30H,1,3,6-7H2,(H2,25,27);1-5,9,14,16,18-19,23,26-27H,6-8H2,(H2,22,24)/t18?,20?,22-,23+;15?,17?,19-,20+;14?,16-,19+,20-;14-,16+,18-,19+/m0010/s1. The quantitative estimate of drug-likeness (QED) is 0.0479. The van der Waals surface area contributed by atoms with Gasteiger partial charge in [-0.25, -0.2) is 51.3 Å². The van der Waals surface area contributed by atoms with Crippen LogP contribution in [0.2, 0.25) is 5.02 Å². The fraction of sp³-hybridized carbons (Fsp3) is 0.407. The molecule has 632 valence electrons. The molecule has 0 saturated heterocycles. The Balaban J connectivity index is 0.000000114. The second-order valence-electron chi connectivity index (χ2n) is 32.1. The van der Waals surface area contributed by atoms with Crippen molar-refractivity contribution in [1.82, 2.24) is 59.1 Å². The predicted octanol–water partition coefficient (Wildman–Crippen LogP) is 8.88. The Morgan fingerprint density at radius 1 is 0.417 bits per heavy atom. The van der Waals surface area contributed by atoms with E-state index in [1.807, 2.05) is 24.3 Å².